The second-order valence-corrected chi connectivity index (χ2v) is 11.0. The second kappa shape index (κ2) is 10.6. The third-order valence-electron chi connectivity index (χ3n) is 7.87. The van der Waals surface area contributed by atoms with Gasteiger partial charge < -0.3 is 20.5 Å². The lowest BCUT2D eigenvalue weighted by molar-refractivity contribution is -0.128. The molecule has 2 atom stereocenters. The summed E-state index contributed by atoms with van der Waals surface area (Å²) < 4.78 is 0. The Labute approximate surface area is 217 Å². The summed E-state index contributed by atoms with van der Waals surface area (Å²) in [6.07, 6.45) is 11.6. The van der Waals surface area contributed by atoms with Crippen LogP contribution in [0.1, 0.15) is 45.4 Å². The highest BCUT2D eigenvalue weighted by Crippen LogP contribution is 2.33. The van der Waals surface area contributed by atoms with Gasteiger partial charge in [0.15, 0.2) is 0 Å². The third-order valence-corrected chi connectivity index (χ3v) is 8.15. The molecule has 7 nitrogen and oxygen atoms in total. The van der Waals surface area contributed by atoms with Crippen molar-refractivity contribution in [2.45, 2.75) is 57.5 Å². The first-order valence-electron chi connectivity index (χ1n) is 12.9. The van der Waals surface area contributed by atoms with Crippen molar-refractivity contribution in [3.8, 4) is 11.3 Å². The minimum absolute atomic E-state index is 0.0449. The van der Waals surface area contributed by atoms with Crippen molar-refractivity contribution in [1.29, 1.82) is 0 Å². The number of amides is 1. The summed E-state index contributed by atoms with van der Waals surface area (Å²) in [7, 11) is 0. The Morgan fingerprint density at radius 1 is 1.28 bits per heavy atom. The van der Waals surface area contributed by atoms with Crippen LogP contribution in [0.3, 0.4) is 0 Å². The predicted octanol–water partition coefficient (Wildman–Crippen LogP) is 5.41. The molecule has 190 valence electrons. The number of hydrogen-bond donors (Lipinski definition) is 3. The highest BCUT2D eigenvalue weighted by Gasteiger charge is 2.32. The Morgan fingerprint density at radius 2 is 2.06 bits per heavy atom. The Morgan fingerprint density at radius 3 is 2.86 bits per heavy atom. The molecule has 1 amide bonds. The number of fused-ring (bicyclic) bond motifs is 1. The molecule has 1 saturated heterocycles. The summed E-state index contributed by atoms with van der Waals surface area (Å²) in [4.78, 5) is 26.4. The first-order chi connectivity index (χ1) is 17.4. The molecule has 0 bridgehead atoms. The molecule has 2 aliphatic rings. The van der Waals surface area contributed by atoms with Crippen LogP contribution >= 0.6 is 11.6 Å². The predicted molar refractivity (Wildman–Crippen MR) is 146 cm³/mol. The maximum atomic E-state index is 11.9. The van der Waals surface area contributed by atoms with Gasteiger partial charge in [0.1, 0.15) is 0 Å². The van der Waals surface area contributed by atoms with E-state index in [0.717, 1.165) is 73.9 Å². The van der Waals surface area contributed by atoms with Gasteiger partial charge in [-0.2, -0.15) is 0 Å². The van der Waals surface area contributed by atoms with E-state index in [1.807, 2.05) is 29.3 Å². The number of para-hydroxylation sites is 1. The van der Waals surface area contributed by atoms with Crippen molar-refractivity contribution in [3.05, 3.63) is 54.3 Å². The van der Waals surface area contributed by atoms with Gasteiger partial charge in [0.25, 0.3) is 0 Å². The number of hydrogen-bond acceptors (Lipinski definition) is 5. The van der Waals surface area contributed by atoms with Crippen LogP contribution in [-0.4, -0.2) is 57.5 Å². The minimum atomic E-state index is 0.0449. The van der Waals surface area contributed by atoms with Crippen LogP contribution in [0.2, 0.25) is 5.02 Å². The van der Waals surface area contributed by atoms with Gasteiger partial charge in [-0.05, 0) is 56.1 Å². The summed E-state index contributed by atoms with van der Waals surface area (Å²) in [6, 6.07) is 8.93. The minimum Gasteiger partial charge on any atom is -0.360 e. The number of benzene rings is 1. The summed E-state index contributed by atoms with van der Waals surface area (Å²) in [5, 5.41) is 9.06. The topological polar surface area (TPSA) is 85.9 Å². The molecule has 0 unspecified atom stereocenters. The number of nitrogens with one attached hydrogen (secondary N) is 3. The maximum absolute atomic E-state index is 11.9. The molecule has 3 heterocycles. The molecule has 0 spiro atoms. The number of aromatic nitrogens is 3. The van der Waals surface area contributed by atoms with Crippen molar-refractivity contribution in [2.24, 2.45) is 5.41 Å². The number of nitrogens with zero attached hydrogens (tertiary/aromatic N) is 3. The first-order valence-corrected chi connectivity index (χ1v) is 13.3. The zero-order valence-electron chi connectivity index (χ0n) is 20.9. The highest BCUT2D eigenvalue weighted by atomic mass is 35.5. The lowest BCUT2D eigenvalue weighted by Gasteiger charge is -2.41. The SMILES string of the molecule is C=CC(=O)N1CCC(C)(CN[C@H]2CCC[C@@H](Nc3ncc(Cl)c(-c4c[nH]c5ccccc45)n3)C2)CC1. The quantitative estimate of drug-likeness (QED) is 0.373. The summed E-state index contributed by atoms with van der Waals surface area (Å²) in [5.41, 5.74) is 3.00. The molecular formula is C28H35ClN6O. The molecule has 3 aromatic rings. The summed E-state index contributed by atoms with van der Waals surface area (Å²) in [6.45, 7) is 8.54. The van der Waals surface area contributed by atoms with Gasteiger partial charge in [-0.15, -0.1) is 0 Å². The van der Waals surface area contributed by atoms with E-state index >= 15 is 0 Å². The largest absolute Gasteiger partial charge is 0.360 e. The van der Waals surface area contributed by atoms with Crippen molar-refractivity contribution < 1.29 is 4.79 Å². The lowest BCUT2D eigenvalue weighted by Crippen LogP contribution is -2.48. The Balaban J connectivity index is 1.19. The molecule has 2 aromatic heterocycles. The van der Waals surface area contributed by atoms with Crippen LogP contribution in [0.15, 0.2) is 49.3 Å². The molecule has 2 fully saturated rings. The fourth-order valence-corrected chi connectivity index (χ4v) is 5.74. The molecule has 1 aromatic carbocycles. The van der Waals surface area contributed by atoms with Gasteiger partial charge in [0.05, 0.1) is 16.9 Å². The number of aromatic amines is 1. The normalized spacial score (nSPS) is 21.9. The number of piperidine rings is 1. The average Bonchev–Trinajstić information content (AvgIpc) is 3.33. The number of anilines is 1. The van der Waals surface area contributed by atoms with Crippen molar-refractivity contribution >= 4 is 34.4 Å². The van der Waals surface area contributed by atoms with Gasteiger partial charge >= 0.3 is 0 Å². The van der Waals surface area contributed by atoms with Crippen molar-refractivity contribution in [3.63, 3.8) is 0 Å². The van der Waals surface area contributed by atoms with E-state index in [-0.39, 0.29) is 11.3 Å². The maximum Gasteiger partial charge on any atom is 0.245 e. The van der Waals surface area contributed by atoms with Gasteiger partial charge in [-0.1, -0.05) is 43.3 Å². The third kappa shape index (κ3) is 5.42. The molecule has 3 N–H and O–H groups in total. The van der Waals surface area contributed by atoms with E-state index in [1.165, 1.54) is 12.5 Å². The first kappa shape index (κ1) is 24.8. The van der Waals surface area contributed by atoms with Crippen LogP contribution < -0.4 is 10.6 Å². The molecule has 1 aliphatic heterocycles. The van der Waals surface area contributed by atoms with Crippen molar-refractivity contribution in [2.75, 3.05) is 25.0 Å². The second-order valence-electron chi connectivity index (χ2n) is 10.6. The smallest absolute Gasteiger partial charge is 0.245 e. The van der Waals surface area contributed by atoms with Crippen LogP contribution in [0.25, 0.3) is 22.2 Å². The number of halogens is 1. The van der Waals surface area contributed by atoms with Crippen molar-refractivity contribution in [1.82, 2.24) is 25.2 Å². The number of likely N-dealkylation sites (tertiary alicyclic amines) is 1. The molecule has 1 aliphatic carbocycles. The average molecular weight is 507 g/mol. The monoisotopic (exact) mass is 506 g/mol. The van der Waals surface area contributed by atoms with Crippen LogP contribution in [0.5, 0.6) is 0 Å². The Bertz CT molecular complexity index is 1230. The fourth-order valence-electron chi connectivity index (χ4n) is 5.55. The molecule has 0 radical (unpaired) electrons. The van der Waals surface area contributed by atoms with Crippen LogP contribution in [0.4, 0.5) is 5.95 Å². The van der Waals surface area contributed by atoms with Crippen LogP contribution in [-0.2, 0) is 4.79 Å². The van der Waals surface area contributed by atoms with E-state index < -0.39 is 0 Å². The zero-order chi connectivity index (χ0) is 25.1. The number of carbonyl (C=O) groups excluding carboxylic acids is 1. The zero-order valence-corrected chi connectivity index (χ0v) is 21.7. The van der Waals surface area contributed by atoms with Gasteiger partial charge in [-0.3, -0.25) is 4.79 Å². The molecule has 1 saturated carbocycles. The molecular weight excluding hydrogens is 472 g/mol. The standard InChI is InChI=1S/C28H35ClN6O/c1-3-25(36)35-13-11-28(2,12-14-35)18-32-19-7-6-8-20(15-19)33-27-31-17-23(29)26(34-27)22-16-30-24-10-5-4-9-21(22)24/h3-5,9-10,16-17,19-20,30,32H,1,6-8,11-15,18H2,2H3,(H,31,33,34)/t19-,20+/m0/s1. The Hall–Kier alpha value is -2.90. The molecule has 8 heteroatoms. The van der Waals surface area contributed by atoms with E-state index in [2.05, 4.69) is 40.2 Å². The summed E-state index contributed by atoms with van der Waals surface area (Å²) in [5.74, 6) is 0.667. The van der Waals surface area contributed by atoms with E-state index in [4.69, 9.17) is 16.6 Å². The number of carbonyl (C=O) groups is 1. The number of rotatable bonds is 7. The number of H-pyrrole nitrogens is 1. The van der Waals surface area contributed by atoms with Crippen LogP contribution in [0, 0.1) is 5.41 Å². The van der Waals surface area contributed by atoms with Gasteiger partial charge in [0.2, 0.25) is 11.9 Å². The highest BCUT2D eigenvalue weighted by molar-refractivity contribution is 6.33. The van der Waals surface area contributed by atoms with E-state index in [0.29, 0.717) is 23.1 Å². The Kier molecular flexibility index (Phi) is 7.30. The van der Waals surface area contributed by atoms with Gasteiger partial charge in [0, 0.05) is 54.4 Å². The van der Waals surface area contributed by atoms with E-state index in [1.54, 1.807) is 6.20 Å². The molecule has 36 heavy (non-hydrogen) atoms. The summed E-state index contributed by atoms with van der Waals surface area (Å²) >= 11 is 6.51. The van der Waals surface area contributed by atoms with Gasteiger partial charge in [-0.25, -0.2) is 9.97 Å². The van der Waals surface area contributed by atoms with E-state index in [9.17, 15) is 4.79 Å². The lowest BCUT2D eigenvalue weighted by atomic mass is 9.79. The molecule has 5 rings (SSSR count). The fraction of sp³-hybridized carbons (Fsp3) is 0.464.